The zero-order valence-electron chi connectivity index (χ0n) is 8.55. The average molecular weight is 183 g/mol. The minimum absolute atomic E-state index is 0.417. The second-order valence-corrected chi connectivity index (χ2v) is 3.98. The van der Waals surface area contributed by atoms with E-state index in [4.69, 9.17) is 0 Å². The summed E-state index contributed by atoms with van der Waals surface area (Å²) in [5.41, 5.74) is -0.417. The first-order chi connectivity index (χ1) is 6.27. The van der Waals surface area contributed by atoms with Crippen LogP contribution < -0.4 is 5.32 Å². The Balaban J connectivity index is 2.17. The molecule has 76 valence electrons. The molecule has 0 heterocycles. The summed E-state index contributed by atoms with van der Waals surface area (Å²) < 4.78 is 0. The van der Waals surface area contributed by atoms with E-state index in [1.165, 1.54) is 19.3 Å². The molecule has 2 N–H and O–H groups in total. The van der Waals surface area contributed by atoms with E-state index in [0.29, 0.717) is 0 Å². The Kier molecular flexibility index (Phi) is 4.46. The molecule has 2 nitrogen and oxygen atoms in total. The van der Waals surface area contributed by atoms with Gasteiger partial charge in [0.05, 0.1) is 5.60 Å². The summed E-state index contributed by atoms with van der Waals surface area (Å²) in [6.45, 7) is 3.63. The smallest absolute Gasteiger partial charge is 0.0771 e. The Labute approximate surface area is 81.0 Å². The van der Waals surface area contributed by atoms with E-state index in [2.05, 4.69) is 11.4 Å². The Hall–Kier alpha value is -0.340. The molecule has 0 saturated heterocycles. The maximum Gasteiger partial charge on any atom is 0.0771 e. The molecule has 0 aromatic rings. The highest BCUT2D eigenvalue weighted by Crippen LogP contribution is 2.27. The van der Waals surface area contributed by atoms with Crippen molar-refractivity contribution in [3.05, 3.63) is 12.2 Å². The van der Waals surface area contributed by atoms with Gasteiger partial charge in [0.25, 0.3) is 0 Å². The zero-order chi connectivity index (χ0) is 9.57. The lowest BCUT2D eigenvalue weighted by Crippen LogP contribution is -2.42. The SMILES string of the molecule is C/C=C/CNCC1(O)CCCCC1. The van der Waals surface area contributed by atoms with Crippen molar-refractivity contribution in [1.29, 1.82) is 0 Å². The van der Waals surface area contributed by atoms with Crippen LogP contribution in [0.3, 0.4) is 0 Å². The fourth-order valence-corrected chi connectivity index (χ4v) is 1.89. The van der Waals surface area contributed by atoms with E-state index in [9.17, 15) is 5.11 Å². The Bertz CT molecular complexity index is 159. The first kappa shape index (κ1) is 10.7. The van der Waals surface area contributed by atoms with Gasteiger partial charge in [-0.1, -0.05) is 31.4 Å². The van der Waals surface area contributed by atoms with Gasteiger partial charge in [-0.2, -0.15) is 0 Å². The Morgan fingerprint density at radius 2 is 2.00 bits per heavy atom. The predicted octanol–water partition coefficient (Wildman–Crippen LogP) is 1.85. The van der Waals surface area contributed by atoms with Crippen LogP contribution in [-0.2, 0) is 0 Å². The van der Waals surface area contributed by atoms with Gasteiger partial charge >= 0.3 is 0 Å². The molecule has 1 saturated carbocycles. The van der Waals surface area contributed by atoms with Crippen LogP contribution >= 0.6 is 0 Å². The van der Waals surface area contributed by atoms with Gasteiger partial charge in [-0.05, 0) is 19.8 Å². The van der Waals surface area contributed by atoms with E-state index in [-0.39, 0.29) is 0 Å². The van der Waals surface area contributed by atoms with Crippen molar-refractivity contribution in [3.63, 3.8) is 0 Å². The molecule has 1 rings (SSSR count). The van der Waals surface area contributed by atoms with Gasteiger partial charge in [0.2, 0.25) is 0 Å². The number of nitrogens with one attached hydrogen (secondary N) is 1. The largest absolute Gasteiger partial charge is 0.389 e. The maximum absolute atomic E-state index is 10.1. The van der Waals surface area contributed by atoms with Gasteiger partial charge in [-0.3, -0.25) is 0 Å². The van der Waals surface area contributed by atoms with Crippen LogP contribution in [0.2, 0.25) is 0 Å². The minimum atomic E-state index is -0.417. The molecule has 2 heteroatoms. The summed E-state index contributed by atoms with van der Waals surface area (Å²) in [6, 6.07) is 0. The van der Waals surface area contributed by atoms with Gasteiger partial charge in [0, 0.05) is 13.1 Å². The molecule has 1 aliphatic carbocycles. The zero-order valence-corrected chi connectivity index (χ0v) is 8.55. The summed E-state index contributed by atoms with van der Waals surface area (Å²) >= 11 is 0. The Morgan fingerprint density at radius 3 is 2.62 bits per heavy atom. The lowest BCUT2D eigenvalue weighted by Gasteiger charge is -2.32. The minimum Gasteiger partial charge on any atom is -0.389 e. The maximum atomic E-state index is 10.1. The van der Waals surface area contributed by atoms with E-state index < -0.39 is 5.60 Å². The molecule has 0 radical (unpaired) electrons. The second-order valence-electron chi connectivity index (χ2n) is 3.98. The molecule has 0 bridgehead atoms. The topological polar surface area (TPSA) is 32.3 Å². The summed E-state index contributed by atoms with van der Waals surface area (Å²) in [5.74, 6) is 0. The molecule has 0 aromatic carbocycles. The van der Waals surface area contributed by atoms with Gasteiger partial charge in [0.1, 0.15) is 0 Å². The molecule has 13 heavy (non-hydrogen) atoms. The first-order valence-corrected chi connectivity index (χ1v) is 5.31. The third-order valence-electron chi connectivity index (χ3n) is 2.74. The fraction of sp³-hybridized carbons (Fsp3) is 0.818. The van der Waals surface area contributed by atoms with Gasteiger partial charge in [-0.25, -0.2) is 0 Å². The van der Waals surface area contributed by atoms with E-state index in [1.54, 1.807) is 0 Å². The first-order valence-electron chi connectivity index (χ1n) is 5.31. The van der Waals surface area contributed by atoms with Gasteiger partial charge in [0.15, 0.2) is 0 Å². The van der Waals surface area contributed by atoms with Crippen molar-refractivity contribution < 1.29 is 5.11 Å². The molecular weight excluding hydrogens is 162 g/mol. The predicted molar refractivity (Wildman–Crippen MR) is 55.7 cm³/mol. The van der Waals surface area contributed by atoms with Crippen molar-refractivity contribution >= 4 is 0 Å². The van der Waals surface area contributed by atoms with E-state index in [1.807, 2.05) is 13.0 Å². The van der Waals surface area contributed by atoms with Gasteiger partial charge in [-0.15, -0.1) is 0 Å². The lowest BCUT2D eigenvalue weighted by molar-refractivity contribution is 0.00575. The fourth-order valence-electron chi connectivity index (χ4n) is 1.89. The average Bonchev–Trinajstić information content (AvgIpc) is 2.14. The molecule has 0 atom stereocenters. The highest BCUT2D eigenvalue weighted by atomic mass is 16.3. The number of rotatable bonds is 4. The van der Waals surface area contributed by atoms with Crippen LogP contribution in [0.15, 0.2) is 12.2 Å². The molecule has 0 amide bonds. The standard InChI is InChI=1S/C11H21NO/c1-2-3-9-12-10-11(13)7-5-4-6-8-11/h2-3,12-13H,4-10H2,1H3/b3-2+. The molecule has 1 aliphatic rings. The van der Waals surface area contributed by atoms with E-state index >= 15 is 0 Å². The van der Waals surface area contributed by atoms with Crippen molar-refractivity contribution in [1.82, 2.24) is 5.32 Å². The number of allylic oxidation sites excluding steroid dienone is 1. The van der Waals surface area contributed by atoms with Crippen molar-refractivity contribution in [2.75, 3.05) is 13.1 Å². The van der Waals surface area contributed by atoms with Crippen LogP contribution in [-0.4, -0.2) is 23.8 Å². The van der Waals surface area contributed by atoms with Crippen molar-refractivity contribution in [2.45, 2.75) is 44.6 Å². The summed E-state index contributed by atoms with van der Waals surface area (Å²) in [4.78, 5) is 0. The molecule has 0 aromatic heterocycles. The summed E-state index contributed by atoms with van der Waals surface area (Å²) in [5, 5.41) is 13.3. The highest BCUT2D eigenvalue weighted by Gasteiger charge is 2.27. The molecule has 0 unspecified atom stereocenters. The van der Waals surface area contributed by atoms with Crippen LogP contribution in [0.5, 0.6) is 0 Å². The van der Waals surface area contributed by atoms with E-state index in [0.717, 1.165) is 25.9 Å². The second kappa shape index (κ2) is 5.40. The van der Waals surface area contributed by atoms with Crippen molar-refractivity contribution in [2.24, 2.45) is 0 Å². The molecule has 0 spiro atoms. The lowest BCUT2D eigenvalue weighted by atomic mass is 9.85. The quantitative estimate of drug-likeness (QED) is 0.515. The monoisotopic (exact) mass is 183 g/mol. The number of aliphatic hydroxyl groups is 1. The third kappa shape index (κ3) is 3.92. The van der Waals surface area contributed by atoms with Crippen LogP contribution in [0, 0.1) is 0 Å². The summed E-state index contributed by atoms with van der Waals surface area (Å²) in [7, 11) is 0. The summed E-state index contributed by atoms with van der Waals surface area (Å²) in [6.07, 6.45) is 9.69. The van der Waals surface area contributed by atoms with Crippen LogP contribution in [0.4, 0.5) is 0 Å². The van der Waals surface area contributed by atoms with Crippen LogP contribution in [0.25, 0.3) is 0 Å². The van der Waals surface area contributed by atoms with Crippen molar-refractivity contribution in [3.8, 4) is 0 Å². The molecular formula is C11H21NO. The number of hydrogen-bond acceptors (Lipinski definition) is 2. The highest BCUT2D eigenvalue weighted by molar-refractivity contribution is 4.86. The molecule has 1 fully saturated rings. The number of hydrogen-bond donors (Lipinski definition) is 2. The Morgan fingerprint density at radius 1 is 1.31 bits per heavy atom. The van der Waals surface area contributed by atoms with Crippen LogP contribution in [0.1, 0.15) is 39.0 Å². The third-order valence-corrected chi connectivity index (χ3v) is 2.74. The molecule has 0 aliphatic heterocycles. The normalized spacial score (nSPS) is 22.3. The van der Waals surface area contributed by atoms with Gasteiger partial charge < -0.3 is 10.4 Å².